The zero-order chi connectivity index (χ0) is 24.9. The van der Waals surface area contributed by atoms with E-state index in [4.69, 9.17) is 14.2 Å². The molecule has 0 unspecified atom stereocenters. The van der Waals surface area contributed by atoms with E-state index in [1.54, 1.807) is 35.2 Å². The number of thioether (sulfide) groups is 1. The number of para-hydroxylation sites is 1. The SMILES string of the molecule is COC(=O)c1ccc2c(=O)n(-c3ccccc3)c(SCCCc3nc(-c4ccncc4)no3)nc2c1. The number of pyridine rings is 1. The van der Waals surface area contributed by atoms with E-state index in [0.29, 0.717) is 45.5 Å². The average molecular weight is 500 g/mol. The highest BCUT2D eigenvalue weighted by Crippen LogP contribution is 2.23. The van der Waals surface area contributed by atoms with Gasteiger partial charge < -0.3 is 9.26 Å². The normalized spacial score (nSPS) is 11.0. The van der Waals surface area contributed by atoms with Crippen molar-refractivity contribution >= 4 is 28.6 Å². The van der Waals surface area contributed by atoms with Crippen LogP contribution in [0.2, 0.25) is 0 Å². The molecule has 0 saturated carbocycles. The lowest BCUT2D eigenvalue weighted by Gasteiger charge is -2.13. The average Bonchev–Trinajstić information content (AvgIpc) is 3.40. The van der Waals surface area contributed by atoms with E-state index in [1.807, 2.05) is 42.5 Å². The van der Waals surface area contributed by atoms with Crippen molar-refractivity contribution in [3.8, 4) is 17.1 Å². The summed E-state index contributed by atoms with van der Waals surface area (Å²) in [4.78, 5) is 38.6. The van der Waals surface area contributed by atoms with Crippen LogP contribution in [0.5, 0.6) is 0 Å². The smallest absolute Gasteiger partial charge is 0.337 e. The standard InChI is InChI=1S/C26H21N5O4S/c1-34-25(33)18-9-10-20-21(16-18)28-26(31(24(20)32)19-6-3-2-4-7-19)36-15-5-8-22-29-23(30-35-22)17-11-13-27-14-12-17/h2-4,6-7,9-14,16H,5,8,15H2,1H3. The third-order valence-electron chi connectivity index (χ3n) is 5.45. The highest BCUT2D eigenvalue weighted by Gasteiger charge is 2.16. The van der Waals surface area contributed by atoms with E-state index in [9.17, 15) is 9.59 Å². The van der Waals surface area contributed by atoms with Gasteiger partial charge in [0.15, 0.2) is 5.16 Å². The van der Waals surface area contributed by atoms with Crippen molar-refractivity contribution in [2.75, 3.05) is 12.9 Å². The molecule has 0 spiro atoms. The molecular weight excluding hydrogens is 478 g/mol. The van der Waals surface area contributed by atoms with Crippen molar-refractivity contribution in [2.45, 2.75) is 18.0 Å². The van der Waals surface area contributed by atoms with E-state index in [2.05, 4.69) is 15.1 Å². The van der Waals surface area contributed by atoms with Crippen LogP contribution >= 0.6 is 11.8 Å². The molecular formula is C26H21N5O4S. The van der Waals surface area contributed by atoms with Gasteiger partial charge in [0.1, 0.15) is 0 Å². The number of benzene rings is 2. The molecule has 36 heavy (non-hydrogen) atoms. The number of aromatic nitrogens is 5. The number of carbonyl (C=O) groups is 1. The van der Waals surface area contributed by atoms with Gasteiger partial charge in [-0.3, -0.25) is 14.3 Å². The first-order chi connectivity index (χ1) is 17.6. The summed E-state index contributed by atoms with van der Waals surface area (Å²) in [5.41, 5.74) is 2.13. The number of aryl methyl sites for hydroxylation is 1. The van der Waals surface area contributed by atoms with Crippen molar-refractivity contribution in [3.05, 3.63) is 94.9 Å². The number of carbonyl (C=O) groups excluding carboxylic acids is 1. The highest BCUT2D eigenvalue weighted by atomic mass is 32.2. The summed E-state index contributed by atoms with van der Waals surface area (Å²) in [7, 11) is 1.32. The van der Waals surface area contributed by atoms with Gasteiger partial charge in [-0.05, 0) is 48.9 Å². The van der Waals surface area contributed by atoms with Gasteiger partial charge in [-0.15, -0.1) is 0 Å². The van der Waals surface area contributed by atoms with Gasteiger partial charge in [-0.2, -0.15) is 4.98 Å². The minimum Gasteiger partial charge on any atom is -0.465 e. The van der Waals surface area contributed by atoms with Crippen LogP contribution in [0.25, 0.3) is 28.0 Å². The fraction of sp³-hybridized carbons (Fsp3) is 0.154. The topological polar surface area (TPSA) is 113 Å². The van der Waals surface area contributed by atoms with Gasteiger partial charge in [-0.1, -0.05) is 35.1 Å². The molecule has 3 aromatic heterocycles. The Bertz CT molecular complexity index is 1570. The molecule has 0 aliphatic heterocycles. The number of hydrogen-bond acceptors (Lipinski definition) is 9. The van der Waals surface area contributed by atoms with Crippen molar-refractivity contribution in [3.63, 3.8) is 0 Å². The fourth-order valence-corrected chi connectivity index (χ4v) is 4.62. The summed E-state index contributed by atoms with van der Waals surface area (Å²) in [6.45, 7) is 0. The van der Waals surface area contributed by atoms with Crippen molar-refractivity contribution in [2.24, 2.45) is 0 Å². The Kier molecular flexibility index (Phi) is 6.85. The van der Waals surface area contributed by atoms with Gasteiger partial charge in [0.25, 0.3) is 5.56 Å². The zero-order valence-electron chi connectivity index (χ0n) is 19.3. The molecule has 10 heteroatoms. The number of hydrogen-bond donors (Lipinski definition) is 0. The van der Waals surface area contributed by atoms with Crippen LogP contribution in [0, 0.1) is 0 Å². The van der Waals surface area contributed by atoms with Crippen LogP contribution in [0.4, 0.5) is 0 Å². The monoisotopic (exact) mass is 499 g/mol. The molecule has 0 aliphatic carbocycles. The number of nitrogens with zero attached hydrogens (tertiary/aromatic N) is 5. The van der Waals surface area contributed by atoms with Crippen LogP contribution < -0.4 is 5.56 Å². The molecule has 0 N–H and O–H groups in total. The largest absolute Gasteiger partial charge is 0.465 e. The zero-order valence-corrected chi connectivity index (χ0v) is 20.1. The quantitative estimate of drug-likeness (QED) is 0.133. The number of ether oxygens (including phenoxy) is 1. The molecule has 3 heterocycles. The lowest BCUT2D eigenvalue weighted by Crippen LogP contribution is -2.22. The fourth-order valence-electron chi connectivity index (χ4n) is 3.67. The molecule has 5 rings (SSSR count). The second-order valence-electron chi connectivity index (χ2n) is 7.79. The molecule has 5 aromatic rings. The third kappa shape index (κ3) is 4.89. The molecule has 9 nitrogen and oxygen atoms in total. The van der Waals surface area contributed by atoms with Gasteiger partial charge >= 0.3 is 5.97 Å². The first-order valence-electron chi connectivity index (χ1n) is 11.2. The Morgan fingerprint density at radius 2 is 1.86 bits per heavy atom. The van der Waals surface area contributed by atoms with Gasteiger partial charge in [0.05, 0.1) is 29.3 Å². The minimum atomic E-state index is -0.481. The molecule has 0 saturated heterocycles. The summed E-state index contributed by atoms with van der Waals surface area (Å²) in [6.07, 6.45) is 4.67. The number of fused-ring (bicyclic) bond motifs is 1. The van der Waals surface area contributed by atoms with E-state index in [1.165, 1.54) is 18.9 Å². The highest BCUT2D eigenvalue weighted by molar-refractivity contribution is 7.99. The predicted octanol–water partition coefficient (Wildman–Crippen LogP) is 4.34. The summed E-state index contributed by atoms with van der Waals surface area (Å²) < 4.78 is 11.8. The maximum absolute atomic E-state index is 13.4. The Hall–Kier alpha value is -4.31. The van der Waals surface area contributed by atoms with E-state index in [-0.39, 0.29) is 5.56 Å². The van der Waals surface area contributed by atoms with E-state index < -0.39 is 5.97 Å². The number of methoxy groups -OCH3 is 1. The Labute approximate surface area is 210 Å². The molecule has 0 bridgehead atoms. The summed E-state index contributed by atoms with van der Waals surface area (Å²) >= 11 is 1.45. The second-order valence-corrected chi connectivity index (χ2v) is 8.86. The van der Waals surface area contributed by atoms with Crippen LogP contribution in [0.15, 0.2) is 87.5 Å². The Balaban J connectivity index is 1.39. The maximum atomic E-state index is 13.4. The Morgan fingerprint density at radius 3 is 2.64 bits per heavy atom. The summed E-state index contributed by atoms with van der Waals surface area (Å²) in [5.74, 6) is 1.24. The third-order valence-corrected chi connectivity index (χ3v) is 6.47. The van der Waals surface area contributed by atoms with Crippen LogP contribution in [-0.4, -0.2) is 43.5 Å². The molecule has 180 valence electrons. The minimum absolute atomic E-state index is 0.205. The number of rotatable bonds is 8. The summed E-state index contributed by atoms with van der Waals surface area (Å²) in [6, 6.07) is 17.8. The molecule has 0 amide bonds. The van der Waals surface area contributed by atoms with Gasteiger partial charge in [0, 0.05) is 30.1 Å². The van der Waals surface area contributed by atoms with E-state index >= 15 is 0 Å². The summed E-state index contributed by atoms with van der Waals surface area (Å²) in [5, 5.41) is 4.99. The lowest BCUT2D eigenvalue weighted by molar-refractivity contribution is 0.0601. The first kappa shape index (κ1) is 23.4. The lowest BCUT2D eigenvalue weighted by atomic mass is 10.1. The van der Waals surface area contributed by atoms with Gasteiger partial charge in [0.2, 0.25) is 11.7 Å². The molecule has 0 radical (unpaired) electrons. The molecule has 0 atom stereocenters. The van der Waals surface area contributed by atoms with Crippen LogP contribution in [0.3, 0.4) is 0 Å². The van der Waals surface area contributed by atoms with E-state index in [0.717, 1.165) is 17.7 Å². The van der Waals surface area contributed by atoms with Crippen LogP contribution in [0.1, 0.15) is 22.7 Å². The van der Waals surface area contributed by atoms with Gasteiger partial charge in [-0.25, -0.2) is 9.78 Å². The van der Waals surface area contributed by atoms with Crippen molar-refractivity contribution in [1.82, 2.24) is 24.7 Å². The molecule has 0 aliphatic rings. The number of esters is 1. The molecule has 2 aromatic carbocycles. The predicted molar refractivity (Wildman–Crippen MR) is 135 cm³/mol. The second kappa shape index (κ2) is 10.5. The maximum Gasteiger partial charge on any atom is 0.337 e. The van der Waals surface area contributed by atoms with Crippen LogP contribution in [-0.2, 0) is 11.2 Å². The Morgan fingerprint density at radius 1 is 1.06 bits per heavy atom. The first-order valence-corrected chi connectivity index (χ1v) is 12.2. The molecule has 0 fully saturated rings. The van der Waals surface area contributed by atoms with Crippen molar-refractivity contribution < 1.29 is 14.1 Å². The van der Waals surface area contributed by atoms with Crippen molar-refractivity contribution in [1.29, 1.82) is 0 Å².